The first kappa shape index (κ1) is 29.6. The van der Waals surface area contributed by atoms with Gasteiger partial charge in [0.2, 0.25) is 11.8 Å². The fourth-order valence-electron chi connectivity index (χ4n) is 4.74. The van der Waals surface area contributed by atoms with Crippen LogP contribution in [0, 0.1) is 0 Å². The molecule has 11 heteroatoms. The molecule has 0 spiro atoms. The summed E-state index contributed by atoms with van der Waals surface area (Å²) >= 11 is 0. The number of nitrogens with one attached hydrogen (secondary N) is 2. The summed E-state index contributed by atoms with van der Waals surface area (Å²) < 4.78 is 0. The second-order valence-electron chi connectivity index (χ2n) is 9.81. The van der Waals surface area contributed by atoms with E-state index < -0.39 is 18.1 Å². The summed E-state index contributed by atoms with van der Waals surface area (Å²) in [7, 11) is 0. The van der Waals surface area contributed by atoms with E-state index in [1.54, 1.807) is 6.07 Å². The maximum Gasteiger partial charge on any atom is 0.251 e. The van der Waals surface area contributed by atoms with Crippen molar-refractivity contribution in [2.24, 2.45) is 22.2 Å². The number of amides is 3. The molecule has 0 aromatic heterocycles. The number of unbranched alkanes of at least 4 members (excludes halogenated alkanes) is 1. The smallest absolute Gasteiger partial charge is 0.251 e. The quantitative estimate of drug-likeness (QED) is 0.102. The second-order valence-corrected chi connectivity index (χ2v) is 9.81. The molecule has 210 valence electrons. The fourth-order valence-corrected chi connectivity index (χ4v) is 4.74. The average Bonchev–Trinajstić information content (AvgIpc) is 3.43. The summed E-state index contributed by atoms with van der Waals surface area (Å²) in [5.74, 6) is -0.799. The molecule has 2 aromatic rings. The molecular formula is C28H39N7O4. The summed E-state index contributed by atoms with van der Waals surface area (Å²) in [4.78, 5) is 55.1. The monoisotopic (exact) mass is 537 g/mol. The Bertz CT molecular complexity index is 1180. The van der Waals surface area contributed by atoms with Gasteiger partial charge in [-0.1, -0.05) is 30.3 Å². The van der Waals surface area contributed by atoms with Gasteiger partial charge in [-0.25, -0.2) is 0 Å². The van der Waals surface area contributed by atoms with Crippen LogP contribution in [0.4, 0.5) is 0 Å². The Morgan fingerprint density at radius 2 is 1.82 bits per heavy atom. The van der Waals surface area contributed by atoms with Crippen molar-refractivity contribution in [3.05, 3.63) is 48.0 Å². The van der Waals surface area contributed by atoms with Gasteiger partial charge in [0.15, 0.2) is 5.96 Å². The fraction of sp³-hybridized carbons (Fsp3) is 0.464. The van der Waals surface area contributed by atoms with Gasteiger partial charge in [0.25, 0.3) is 5.91 Å². The minimum atomic E-state index is -0.740. The second kappa shape index (κ2) is 14.8. The highest BCUT2D eigenvalue weighted by atomic mass is 16.2. The topological polar surface area (TPSA) is 186 Å². The number of nitrogens with two attached hydrogens (primary N) is 3. The van der Waals surface area contributed by atoms with Crippen molar-refractivity contribution in [2.45, 2.75) is 63.1 Å². The Labute approximate surface area is 228 Å². The van der Waals surface area contributed by atoms with E-state index >= 15 is 0 Å². The number of fused-ring (bicyclic) bond motifs is 1. The SMILES string of the molecule is NC(N)=NCCC[C@@H](C=O)NC(=O)[C@@H]1CCCN1C(=O)[C@H](N)CCCCNC(=O)c1ccc2ccccc2c1. The molecule has 0 aliphatic carbocycles. The normalized spacial score (nSPS) is 16.3. The van der Waals surface area contributed by atoms with Crippen LogP contribution in [0.2, 0.25) is 0 Å². The predicted molar refractivity (Wildman–Crippen MR) is 151 cm³/mol. The molecule has 1 fully saturated rings. The van der Waals surface area contributed by atoms with Crippen LogP contribution >= 0.6 is 0 Å². The van der Waals surface area contributed by atoms with Crippen molar-refractivity contribution in [1.82, 2.24) is 15.5 Å². The maximum atomic E-state index is 13.0. The molecule has 3 rings (SSSR count). The Balaban J connectivity index is 1.39. The van der Waals surface area contributed by atoms with E-state index in [1.165, 1.54) is 4.90 Å². The Hall–Kier alpha value is -3.99. The zero-order valence-electron chi connectivity index (χ0n) is 22.2. The highest BCUT2D eigenvalue weighted by Crippen LogP contribution is 2.20. The Morgan fingerprint density at radius 3 is 2.56 bits per heavy atom. The van der Waals surface area contributed by atoms with Crippen molar-refractivity contribution in [3.63, 3.8) is 0 Å². The van der Waals surface area contributed by atoms with Crippen molar-refractivity contribution >= 4 is 40.7 Å². The third-order valence-corrected chi connectivity index (χ3v) is 6.85. The summed E-state index contributed by atoms with van der Waals surface area (Å²) in [6, 6.07) is 11.4. The molecule has 3 atom stereocenters. The van der Waals surface area contributed by atoms with E-state index in [9.17, 15) is 19.2 Å². The van der Waals surface area contributed by atoms with Gasteiger partial charge in [-0.05, 0) is 67.9 Å². The lowest BCUT2D eigenvalue weighted by atomic mass is 10.1. The van der Waals surface area contributed by atoms with Crippen LogP contribution in [-0.2, 0) is 14.4 Å². The number of nitrogens with zero attached hydrogens (tertiary/aromatic N) is 2. The minimum absolute atomic E-state index is 0.0242. The third kappa shape index (κ3) is 8.78. The van der Waals surface area contributed by atoms with E-state index in [1.807, 2.05) is 36.4 Å². The molecular weight excluding hydrogens is 498 g/mol. The van der Waals surface area contributed by atoms with E-state index in [0.717, 1.165) is 10.8 Å². The largest absolute Gasteiger partial charge is 0.370 e. The van der Waals surface area contributed by atoms with Gasteiger partial charge in [-0.15, -0.1) is 0 Å². The Kier molecular flexibility index (Phi) is 11.2. The molecule has 1 aliphatic heterocycles. The third-order valence-electron chi connectivity index (χ3n) is 6.85. The van der Waals surface area contributed by atoms with Gasteiger partial charge in [-0.2, -0.15) is 0 Å². The highest BCUT2D eigenvalue weighted by molar-refractivity contribution is 5.98. The van der Waals surface area contributed by atoms with Crippen LogP contribution < -0.4 is 27.8 Å². The number of aliphatic imine (C=N–C) groups is 1. The van der Waals surface area contributed by atoms with E-state index in [0.29, 0.717) is 76.4 Å². The first-order valence-electron chi connectivity index (χ1n) is 13.4. The highest BCUT2D eigenvalue weighted by Gasteiger charge is 2.36. The maximum absolute atomic E-state index is 13.0. The first-order chi connectivity index (χ1) is 18.8. The first-order valence-corrected chi connectivity index (χ1v) is 13.4. The average molecular weight is 538 g/mol. The standard InChI is InChI=1S/C28H39N7O4/c29-23(10-3-4-14-32-25(37)21-13-12-19-7-1-2-8-20(19)17-21)27(39)35-16-6-11-24(35)26(38)34-22(18-36)9-5-15-33-28(30)31/h1-2,7-8,12-13,17-18,22-24H,3-6,9-11,14-16,29H2,(H,32,37)(H,34,38)(H4,30,31,33)/t22-,23+,24-/m0/s1. The van der Waals surface area contributed by atoms with Gasteiger partial charge in [0, 0.05) is 25.2 Å². The number of hydrogen-bond acceptors (Lipinski definition) is 6. The molecule has 11 nitrogen and oxygen atoms in total. The van der Waals surface area contributed by atoms with Crippen molar-refractivity contribution < 1.29 is 19.2 Å². The zero-order valence-corrected chi connectivity index (χ0v) is 22.2. The number of carbonyl (C=O) groups is 4. The van der Waals surface area contributed by atoms with E-state index in [4.69, 9.17) is 17.2 Å². The lowest BCUT2D eigenvalue weighted by molar-refractivity contribution is -0.140. The number of guanidine groups is 1. The molecule has 3 amide bonds. The number of likely N-dealkylation sites (tertiary alicyclic amines) is 1. The van der Waals surface area contributed by atoms with Gasteiger partial charge < -0.3 is 37.5 Å². The van der Waals surface area contributed by atoms with Gasteiger partial charge >= 0.3 is 0 Å². The van der Waals surface area contributed by atoms with Crippen LogP contribution in [0.25, 0.3) is 10.8 Å². The van der Waals surface area contributed by atoms with E-state index in [-0.39, 0.29) is 23.7 Å². The van der Waals surface area contributed by atoms with Crippen LogP contribution in [0.5, 0.6) is 0 Å². The molecule has 1 aliphatic rings. The van der Waals surface area contributed by atoms with Crippen molar-refractivity contribution in [2.75, 3.05) is 19.6 Å². The van der Waals surface area contributed by atoms with E-state index in [2.05, 4.69) is 15.6 Å². The molecule has 0 saturated carbocycles. The van der Waals surface area contributed by atoms with Crippen LogP contribution in [0.15, 0.2) is 47.5 Å². The predicted octanol–water partition coefficient (Wildman–Crippen LogP) is 0.796. The molecule has 1 saturated heterocycles. The number of hydrogen-bond donors (Lipinski definition) is 5. The zero-order chi connectivity index (χ0) is 28.2. The van der Waals surface area contributed by atoms with Crippen molar-refractivity contribution in [3.8, 4) is 0 Å². The number of rotatable bonds is 14. The van der Waals surface area contributed by atoms with Gasteiger partial charge in [0.1, 0.15) is 12.3 Å². The van der Waals surface area contributed by atoms with Crippen LogP contribution in [-0.4, -0.2) is 72.6 Å². The number of carbonyl (C=O) groups excluding carboxylic acids is 4. The molecule has 8 N–H and O–H groups in total. The summed E-state index contributed by atoms with van der Waals surface area (Å²) in [6.45, 7) is 1.28. The Morgan fingerprint density at radius 1 is 1.05 bits per heavy atom. The summed E-state index contributed by atoms with van der Waals surface area (Å²) in [6.07, 6.45) is 4.57. The summed E-state index contributed by atoms with van der Waals surface area (Å²) in [5.41, 5.74) is 17.4. The molecule has 0 unspecified atom stereocenters. The van der Waals surface area contributed by atoms with Gasteiger partial charge in [0.05, 0.1) is 12.1 Å². The molecule has 0 radical (unpaired) electrons. The van der Waals surface area contributed by atoms with Gasteiger partial charge in [-0.3, -0.25) is 19.4 Å². The molecule has 2 aromatic carbocycles. The van der Waals surface area contributed by atoms with Crippen LogP contribution in [0.1, 0.15) is 55.3 Å². The number of benzene rings is 2. The molecule has 0 bridgehead atoms. The lowest BCUT2D eigenvalue weighted by Crippen LogP contribution is -2.53. The molecule has 39 heavy (non-hydrogen) atoms. The minimum Gasteiger partial charge on any atom is -0.370 e. The van der Waals surface area contributed by atoms with Crippen LogP contribution in [0.3, 0.4) is 0 Å². The summed E-state index contributed by atoms with van der Waals surface area (Å²) in [5, 5.41) is 7.72. The lowest BCUT2D eigenvalue weighted by Gasteiger charge is -2.27. The molecule has 1 heterocycles. The van der Waals surface area contributed by atoms with Crippen molar-refractivity contribution in [1.29, 1.82) is 0 Å². The number of aldehydes is 1.